The Kier molecular flexibility index (Phi) is 10.4. The number of urea groups is 1. The molecule has 1 aromatic heterocycles. The Morgan fingerprint density at radius 1 is 0.857 bits per heavy atom. The second kappa shape index (κ2) is 15.0. The van der Waals surface area contributed by atoms with Crippen molar-refractivity contribution in [3.8, 4) is 22.6 Å². The molecule has 2 heterocycles. The van der Waals surface area contributed by atoms with E-state index in [4.69, 9.17) is 9.47 Å². The summed E-state index contributed by atoms with van der Waals surface area (Å²) in [5.41, 5.74) is 5.67. The molecule has 0 unspecified atom stereocenters. The lowest BCUT2D eigenvalue weighted by Crippen LogP contribution is -2.33. The van der Waals surface area contributed by atoms with Crippen molar-refractivity contribution in [3.63, 3.8) is 0 Å². The van der Waals surface area contributed by atoms with Gasteiger partial charge in [0.15, 0.2) is 0 Å². The number of nitrogens with zero attached hydrogens (tertiary/aromatic N) is 3. The van der Waals surface area contributed by atoms with Crippen molar-refractivity contribution in [3.05, 3.63) is 102 Å². The number of anilines is 1. The highest BCUT2D eigenvalue weighted by molar-refractivity contribution is 5.89. The van der Waals surface area contributed by atoms with Gasteiger partial charge in [-0.2, -0.15) is 0 Å². The summed E-state index contributed by atoms with van der Waals surface area (Å²) < 4.78 is 12.4. The summed E-state index contributed by atoms with van der Waals surface area (Å²) >= 11 is 0. The Hall–Kier alpha value is -4.43. The summed E-state index contributed by atoms with van der Waals surface area (Å²) in [6.07, 6.45) is 7.99. The molecular formula is C34H39N5O3. The van der Waals surface area contributed by atoms with E-state index < -0.39 is 0 Å². The molecule has 1 aliphatic rings. The van der Waals surface area contributed by atoms with Crippen LogP contribution in [-0.2, 0) is 13.0 Å². The minimum Gasteiger partial charge on any atom is -0.493 e. The van der Waals surface area contributed by atoms with E-state index in [9.17, 15) is 4.79 Å². The van der Waals surface area contributed by atoms with Gasteiger partial charge in [0.1, 0.15) is 18.1 Å². The van der Waals surface area contributed by atoms with Gasteiger partial charge >= 0.3 is 6.03 Å². The average molecular weight is 566 g/mol. The molecule has 0 radical (unpaired) electrons. The van der Waals surface area contributed by atoms with Crippen LogP contribution >= 0.6 is 0 Å². The van der Waals surface area contributed by atoms with E-state index in [0.29, 0.717) is 31.1 Å². The number of nitrogens with one attached hydrogen (secondary N) is 2. The number of benzene rings is 3. The smallest absolute Gasteiger partial charge is 0.319 e. The SMILES string of the molecule is Cc1cncc(CNC(=O)Nc2ccc(OCCc3ccccc3-c3ccccc3OCCN3CCCCC3)cc2)n1. The maximum Gasteiger partial charge on any atom is 0.319 e. The van der Waals surface area contributed by atoms with E-state index in [1.54, 1.807) is 12.4 Å². The lowest BCUT2D eigenvalue weighted by molar-refractivity contribution is 0.183. The van der Waals surface area contributed by atoms with Crippen LogP contribution in [0.2, 0.25) is 0 Å². The summed E-state index contributed by atoms with van der Waals surface area (Å²) in [5, 5.41) is 5.63. The minimum absolute atomic E-state index is 0.304. The fraction of sp³-hybridized carbons (Fsp3) is 0.324. The third kappa shape index (κ3) is 8.54. The number of hydrogen-bond acceptors (Lipinski definition) is 6. The highest BCUT2D eigenvalue weighted by atomic mass is 16.5. The van der Waals surface area contributed by atoms with Crippen molar-refractivity contribution in [2.24, 2.45) is 0 Å². The lowest BCUT2D eigenvalue weighted by atomic mass is 9.97. The van der Waals surface area contributed by atoms with Crippen molar-refractivity contribution in [1.29, 1.82) is 0 Å². The molecular weight excluding hydrogens is 526 g/mol. The van der Waals surface area contributed by atoms with Gasteiger partial charge in [-0.3, -0.25) is 14.9 Å². The van der Waals surface area contributed by atoms with Gasteiger partial charge in [0.05, 0.1) is 30.7 Å². The largest absolute Gasteiger partial charge is 0.493 e. The normalized spacial score (nSPS) is 13.4. The average Bonchev–Trinajstić information content (AvgIpc) is 3.02. The van der Waals surface area contributed by atoms with Crippen molar-refractivity contribution < 1.29 is 14.3 Å². The second-order valence-electron chi connectivity index (χ2n) is 10.5. The molecule has 0 aliphatic carbocycles. The van der Waals surface area contributed by atoms with Gasteiger partial charge in [-0.25, -0.2) is 4.79 Å². The summed E-state index contributed by atoms with van der Waals surface area (Å²) in [6, 6.07) is 23.8. The van der Waals surface area contributed by atoms with Gasteiger partial charge in [-0.05, 0) is 74.3 Å². The monoisotopic (exact) mass is 565 g/mol. The van der Waals surface area contributed by atoms with Gasteiger partial charge < -0.3 is 20.1 Å². The first kappa shape index (κ1) is 29.1. The first-order valence-electron chi connectivity index (χ1n) is 14.7. The number of amides is 2. The molecule has 2 amide bonds. The van der Waals surface area contributed by atoms with Crippen LogP contribution in [0.4, 0.5) is 10.5 Å². The van der Waals surface area contributed by atoms with Crippen LogP contribution < -0.4 is 20.1 Å². The first-order chi connectivity index (χ1) is 20.6. The molecule has 1 fully saturated rings. The van der Waals surface area contributed by atoms with Gasteiger partial charge in [0, 0.05) is 30.4 Å². The molecule has 0 atom stereocenters. The molecule has 0 spiro atoms. The topological polar surface area (TPSA) is 88.6 Å². The second-order valence-corrected chi connectivity index (χ2v) is 10.5. The highest BCUT2D eigenvalue weighted by Crippen LogP contribution is 2.32. The van der Waals surface area contributed by atoms with Crippen LogP contribution in [0.5, 0.6) is 11.5 Å². The van der Waals surface area contributed by atoms with E-state index >= 15 is 0 Å². The predicted molar refractivity (Wildman–Crippen MR) is 166 cm³/mol. The van der Waals surface area contributed by atoms with E-state index in [-0.39, 0.29) is 6.03 Å². The van der Waals surface area contributed by atoms with Gasteiger partial charge in [-0.15, -0.1) is 0 Å². The fourth-order valence-corrected chi connectivity index (χ4v) is 5.14. The molecule has 218 valence electrons. The Bertz CT molecular complexity index is 1440. The van der Waals surface area contributed by atoms with Crippen LogP contribution in [0.25, 0.3) is 11.1 Å². The molecule has 0 bridgehead atoms. The molecule has 1 saturated heterocycles. The Balaban J connectivity index is 1.12. The van der Waals surface area contributed by atoms with E-state index in [1.807, 2.05) is 37.3 Å². The Morgan fingerprint density at radius 2 is 1.62 bits per heavy atom. The van der Waals surface area contributed by atoms with E-state index in [1.165, 1.54) is 37.9 Å². The molecule has 8 nitrogen and oxygen atoms in total. The summed E-state index contributed by atoms with van der Waals surface area (Å²) in [6.45, 7) is 6.70. The van der Waals surface area contributed by atoms with Crippen LogP contribution in [0.3, 0.4) is 0 Å². The first-order valence-corrected chi connectivity index (χ1v) is 14.7. The van der Waals surface area contributed by atoms with Crippen LogP contribution in [0, 0.1) is 6.92 Å². The Labute approximate surface area is 248 Å². The molecule has 0 saturated carbocycles. The number of ether oxygens (including phenoxy) is 2. The minimum atomic E-state index is -0.306. The van der Waals surface area contributed by atoms with Crippen LogP contribution in [0.1, 0.15) is 36.2 Å². The highest BCUT2D eigenvalue weighted by Gasteiger charge is 2.13. The lowest BCUT2D eigenvalue weighted by Gasteiger charge is -2.26. The molecule has 4 aromatic rings. The van der Waals surface area contributed by atoms with E-state index in [0.717, 1.165) is 41.3 Å². The predicted octanol–water partition coefficient (Wildman–Crippen LogP) is 6.26. The number of aromatic nitrogens is 2. The number of likely N-dealkylation sites (tertiary alicyclic amines) is 1. The molecule has 3 aromatic carbocycles. The number of aryl methyl sites for hydroxylation is 1. The quantitative estimate of drug-likeness (QED) is 0.211. The number of piperidine rings is 1. The number of para-hydroxylation sites is 1. The summed E-state index contributed by atoms with van der Waals surface area (Å²) in [5.74, 6) is 1.66. The summed E-state index contributed by atoms with van der Waals surface area (Å²) in [4.78, 5) is 23.2. The zero-order chi connectivity index (χ0) is 29.0. The molecule has 1 aliphatic heterocycles. The van der Waals surface area contributed by atoms with Gasteiger partial charge in [-0.1, -0.05) is 48.9 Å². The molecule has 8 heteroatoms. The molecule has 5 rings (SSSR count). The maximum atomic E-state index is 12.3. The standard InChI is InChI=1S/C34H39N5O3/c1-26-23-35-24-29(37-26)25-36-34(40)38-28-13-15-30(16-14-28)41-21-17-27-9-3-4-10-31(27)32-11-5-6-12-33(32)42-22-20-39-18-7-2-8-19-39/h3-6,9-16,23-24H,2,7-8,17-22,25H2,1H3,(H2,36,38,40). The number of rotatable bonds is 12. The van der Waals surface area contributed by atoms with Gasteiger partial charge in [0.25, 0.3) is 0 Å². The third-order valence-corrected chi connectivity index (χ3v) is 7.30. The van der Waals surface area contributed by atoms with Gasteiger partial charge in [0.2, 0.25) is 0 Å². The van der Waals surface area contributed by atoms with Crippen LogP contribution in [-0.4, -0.2) is 53.7 Å². The van der Waals surface area contributed by atoms with Crippen molar-refractivity contribution in [2.75, 3.05) is 38.2 Å². The Morgan fingerprint density at radius 3 is 2.43 bits per heavy atom. The third-order valence-electron chi connectivity index (χ3n) is 7.30. The van der Waals surface area contributed by atoms with Crippen LogP contribution in [0.15, 0.2) is 85.2 Å². The molecule has 42 heavy (non-hydrogen) atoms. The molecule has 2 N–H and O–H groups in total. The van der Waals surface area contributed by atoms with Crippen molar-refractivity contribution >= 4 is 11.7 Å². The van der Waals surface area contributed by atoms with Crippen molar-refractivity contribution in [2.45, 2.75) is 39.2 Å². The number of carbonyl (C=O) groups is 1. The number of hydrogen-bond donors (Lipinski definition) is 2. The number of carbonyl (C=O) groups excluding carboxylic acids is 1. The zero-order valence-corrected chi connectivity index (χ0v) is 24.2. The fourth-order valence-electron chi connectivity index (χ4n) is 5.14. The zero-order valence-electron chi connectivity index (χ0n) is 24.2. The van der Waals surface area contributed by atoms with E-state index in [2.05, 4.69) is 68.0 Å². The maximum absolute atomic E-state index is 12.3. The summed E-state index contributed by atoms with van der Waals surface area (Å²) in [7, 11) is 0. The van der Waals surface area contributed by atoms with Crippen molar-refractivity contribution in [1.82, 2.24) is 20.2 Å².